The molecular formula is C20H30N4O2. The van der Waals surface area contributed by atoms with Crippen LogP contribution in [0.2, 0.25) is 0 Å². The number of urea groups is 1. The summed E-state index contributed by atoms with van der Waals surface area (Å²) in [6, 6.07) is 9.84. The molecule has 1 spiro atoms. The minimum Gasteiger partial charge on any atom is -0.341 e. The topological polar surface area (TPSA) is 55.9 Å². The third-order valence-electron chi connectivity index (χ3n) is 5.57. The van der Waals surface area contributed by atoms with Gasteiger partial charge in [-0.25, -0.2) is 4.79 Å². The van der Waals surface area contributed by atoms with E-state index < -0.39 is 0 Å². The number of carbonyl (C=O) groups excluding carboxylic acids is 2. The first-order chi connectivity index (χ1) is 12.5. The Balaban J connectivity index is 1.56. The van der Waals surface area contributed by atoms with Crippen LogP contribution in [-0.4, -0.2) is 73.5 Å². The van der Waals surface area contributed by atoms with Crippen molar-refractivity contribution in [2.24, 2.45) is 5.41 Å². The van der Waals surface area contributed by atoms with Crippen LogP contribution >= 0.6 is 0 Å². The molecule has 2 saturated heterocycles. The number of likely N-dealkylation sites (tertiary alicyclic amines) is 2. The Hall–Kier alpha value is -2.08. The Kier molecular flexibility index (Phi) is 5.81. The van der Waals surface area contributed by atoms with Crippen molar-refractivity contribution < 1.29 is 9.59 Å². The van der Waals surface area contributed by atoms with Gasteiger partial charge >= 0.3 is 6.03 Å². The van der Waals surface area contributed by atoms with Gasteiger partial charge in [0.2, 0.25) is 5.91 Å². The van der Waals surface area contributed by atoms with E-state index in [2.05, 4.69) is 10.2 Å². The Bertz CT molecular complexity index is 634. The molecule has 1 unspecified atom stereocenters. The fourth-order valence-electron chi connectivity index (χ4n) is 4.00. The molecule has 1 atom stereocenters. The molecule has 2 aliphatic rings. The summed E-state index contributed by atoms with van der Waals surface area (Å²) in [5.74, 6) is 0.236. The maximum atomic E-state index is 13.0. The van der Waals surface area contributed by atoms with Crippen LogP contribution in [0.3, 0.4) is 0 Å². The van der Waals surface area contributed by atoms with Gasteiger partial charge in [0, 0.05) is 39.3 Å². The predicted octanol–water partition coefficient (Wildman–Crippen LogP) is 1.77. The van der Waals surface area contributed by atoms with Gasteiger partial charge < -0.3 is 20.0 Å². The number of benzene rings is 1. The Morgan fingerprint density at radius 1 is 1.19 bits per heavy atom. The van der Waals surface area contributed by atoms with Crippen LogP contribution in [0, 0.1) is 5.41 Å². The normalized spacial score (nSPS) is 23.1. The summed E-state index contributed by atoms with van der Waals surface area (Å²) >= 11 is 0. The van der Waals surface area contributed by atoms with Crippen molar-refractivity contribution in [3.8, 4) is 0 Å². The highest BCUT2D eigenvalue weighted by Crippen LogP contribution is 2.40. The molecule has 26 heavy (non-hydrogen) atoms. The summed E-state index contributed by atoms with van der Waals surface area (Å²) in [4.78, 5) is 31.5. The lowest BCUT2D eigenvalue weighted by molar-refractivity contribution is -0.138. The van der Waals surface area contributed by atoms with Crippen molar-refractivity contribution in [2.75, 3.05) is 46.8 Å². The molecule has 0 aliphatic carbocycles. The highest BCUT2D eigenvalue weighted by atomic mass is 16.2. The summed E-state index contributed by atoms with van der Waals surface area (Å²) in [5, 5.41) is 3.00. The molecule has 0 aromatic heterocycles. The van der Waals surface area contributed by atoms with Crippen molar-refractivity contribution >= 4 is 11.9 Å². The van der Waals surface area contributed by atoms with E-state index in [1.807, 2.05) is 54.2 Å². The number of nitrogens with one attached hydrogen (secondary N) is 1. The number of carbonyl (C=O) groups is 2. The highest BCUT2D eigenvalue weighted by Gasteiger charge is 2.49. The smallest absolute Gasteiger partial charge is 0.317 e. The van der Waals surface area contributed by atoms with Crippen LogP contribution in [0.1, 0.15) is 24.8 Å². The average Bonchev–Trinajstić information content (AvgIpc) is 2.94. The Labute approximate surface area is 156 Å². The van der Waals surface area contributed by atoms with Gasteiger partial charge in [-0.1, -0.05) is 30.3 Å². The molecular weight excluding hydrogens is 328 g/mol. The van der Waals surface area contributed by atoms with Crippen LogP contribution in [0.25, 0.3) is 0 Å². The lowest BCUT2D eigenvalue weighted by Gasteiger charge is -2.39. The summed E-state index contributed by atoms with van der Waals surface area (Å²) in [7, 11) is 4.05. The minimum atomic E-state index is -0.366. The van der Waals surface area contributed by atoms with E-state index in [1.54, 1.807) is 0 Å². The quantitative estimate of drug-likeness (QED) is 0.873. The summed E-state index contributed by atoms with van der Waals surface area (Å²) < 4.78 is 0. The first-order valence-electron chi connectivity index (χ1n) is 9.51. The zero-order valence-electron chi connectivity index (χ0n) is 15.9. The highest BCUT2D eigenvalue weighted by molar-refractivity contribution is 5.86. The molecule has 0 bridgehead atoms. The molecule has 2 aliphatic heterocycles. The van der Waals surface area contributed by atoms with Gasteiger partial charge in [0.05, 0.1) is 5.41 Å². The van der Waals surface area contributed by atoms with Crippen LogP contribution < -0.4 is 5.32 Å². The van der Waals surface area contributed by atoms with Crippen molar-refractivity contribution in [3.05, 3.63) is 35.9 Å². The Morgan fingerprint density at radius 3 is 2.69 bits per heavy atom. The molecule has 1 aromatic carbocycles. The standard InChI is InChI=1S/C20H30N4O2/c1-22(2)13-14-23-12-10-20(18(23)25)9-6-11-24(16-20)19(26)21-15-17-7-4-3-5-8-17/h3-5,7-8H,6,9-16H2,1-2H3,(H,21,26). The second-order valence-electron chi connectivity index (χ2n) is 7.80. The largest absolute Gasteiger partial charge is 0.341 e. The first-order valence-corrected chi connectivity index (χ1v) is 9.51. The molecule has 142 valence electrons. The fraction of sp³-hybridized carbons (Fsp3) is 0.600. The number of piperidine rings is 1. The zero-order chi connectivity index (χ0) is 18.6. The van der Waals surface area contributed by atoms with Gasteiger partial charge in [0.25, 0.3) is 0 Å². The molecule has 2 heterocycles. The number of likely N-dealkylation sites (N-methyl/N-ethyl adjacent to an activating group) is 1. The lowest BCUT2D eigenvalue weighted by atomic mass is 9.78. The van der Waals surface area contributed by atoms with E-state index in [0.29, 0.717) is 13.1 Å². The molecule has 1 aromatic rings. The molecule has 6 nitrogen and oxygen atoms in total. The number of nitrogens with zero attached hydrogens (tertiary/aromatic N) is 3. The van der Waals surface area contributed by atoms with E-state index >= 15 is 0 Å². The fourth-order valence-corrected chi connectivity index (χ4v) is 4.00. The summed E-state index contributed by atoms with van der Waals surface area (Å²) in [6.45, 7) is 4.26. The Morgan fingerprint density at radius 2 is 1.96 bits per heavy atom. The van der Waals surface area contributed by atoms with Crippen LogP contribution in [0.15, 0.2) is 30.3 Å². The van der Waals surface area contributed by atoms with Crippen LogP contribution in [-0.2, 0) is 11.3 Å². The van der Waals surface area contributed by atoms with Crippen molar-refractivity contribution in [2.45, 2.75) is 25.8 Å². The molecule has 6 heteroatoms. The molecule has 2 fully saturated rings. The average molecular weight is 358 g/mol. The molecule has 3 rings (SSSR count). The van der Waals surface area contributed by atoms with E-state index in [-0.39, 0.29) is 17.4 Å². The second kappa shape index (κ2) is 8.08. The van der Waals surface area contributed by atoms with Gasteiger partial charge in [-0.3, -0.25) is 4.79 Å². The molecule has 0 radical (unpaired) electrons. The third kappa shape index (κ3) is 4.18. The van der Waals surface area contributed by atoms with Crippen molar-refractivity contribution in [1.29, 1.82) is 0 Å². The monoisotopic (exact) mass is 358 g/mol. The van der Waals surface area contributed by atoms with Crippen molar-refractivity contribution in [1.82, 2.24) is 20.0 Å². The minimum absolute atomic E-state index is 0.0625. The van der Waals surface area contributed by atoms with Gasteiger partial charge in [-0.15, -0.1) is 0 Å². The van der Waals surface area contributed by atoms with Gasteiger partial charge in [-0.2, -0.15) is 0 Å². The maximum absolute atomic E-state index is 13.0. The van der Waals surface area contributed by atoms with Crippen LogP contribution in [0.5, 0.6) is 0 Å². The van der Waals surface area contributed by atoms with Crippen LogP contribution in [0.4, 0.5) is 4.79 Å². The zero-order valence-corrected chi connectivity index (χ0v) is 15.9. The molecule has 0 saturated carbocycles. The van der Waals surface area contributed by atoms with Gasteiger partial charge in [0.1, 0.15) is 0 Å². The number of amides is 3. The number of rotatable bonds is 5. The van der Waals surface area contributed by atoms with E-state index in [0.717, 1.165) is 51.0 Å². The number of hydrogen-bond acceptors (Lipinski definition) is 3. The third-order valence-corrected chi connectivity index (χ3v) is 5.57. The summed E-state index contributed by atoms with van der Waals surface area (Å²) in [6.07, 6.45) is 2.65. The summed E-state index contributed by atoms with van der Waals surface area (Å²) in [5.41, 5.74) is 0.716. The lowest BCUT2D eigenvalue weighted by Crippen LogP contribution is -2.52. The van der Waals surface area contributed by atoms with E-state index in [9.17, 15) is 9.59 Å². The maximum Gasteiger partial charge on any atom is 0.317 e. The molecule has 3 amide bonds. The predicted molar refractivity (Wildman–Crippen MR) is 102 cm³/mol. The van der Waals surface area contributed by atoms with Crippen molar-refractivity contribution in [3.63, 3.8) is 0 Å². The van der Waals surface area contributed by atoms with E-state index in [1.165, 1.54) is 0 Å². The van der Waals surface area contributed by atoms with Gasteiger partial charge in [-0.05, 0) is 38.9 Å². The second-order valence-corrected chi connectivity index (χ2v) is 7.80. The van der Waals surface area contributed by atoms with Gasteiger partial charge in [0.15, 0.2) is 0 Å². The SMILES string of the molecule is CN(C)CCN1CCC2(CCCN(C(=O)NCc3ccccc3)C2)C1=O. The first kappa shape index (κ1) is 18.7. The van der Waals surface area contributed by atoms with E-state index in [4.69, 9.17) is 0 Å². The molecule has 1 N–H and O–H groups in total. The number of hydrogen-bond donors (Lipinski definition) is 1.